The zero-order valence-electron chi connectivity index (χ0n) is 9.37. The Hall–Kier alpha value is -1.13. The summed E-state index contributed by atoms with van der Waals surface area (Å²) in [4.78, 5) is 10.4. The minimum Gasteiger partial charge on any atom is -0.325 e. The lowest BCUT2D eigenvalue weighted by molar-refractivity contribution is -0.385. The van der Waals surface area contributed by atoms with E-state index in [1.807, 2.05) is 13.8 Å². The van der Waals surface area contributed by atoms with Crippen LogP contribution in [0.15, 0.2) is 18.2 Å². The number of benzene rings is 1. The molecule has 88 valence electrons. The van der Waals surface area contributed by atoms with Crippen molar-refractivity contribution in [1.29, 1.82) is 0 Å². The monoisotopic (exact) mass is 242 g/mol. The second-order valence-corrected chi connectivity index (χ2v) is 4.65. The first-order chi connectivity index (χ1) is 7.35. The predicted molar refractivity (Wildman–Crippen MR) is 64.7 cm³/mol. The lowest BCUT2D eigenvalue weighted by Crippen LogP contribution is -2.37. The van der Waals surface area contributed by atoms with Gasteiger partial charge in [-0.15, -0.1) is 0 Å². The van der Waals surface area contributed by atoms with Crippen molar-refractivity contribution in [1.82, 2.24) is 0 Å². The van der Waals surface area contributed by atoms with Crippen molar-refractivity contribution in [2.75, 3.05) is 0 Å². The molecule has 0 bridgehead atoms. The Morgan fingerprint density at radius 2 is 2.19 bits per heavy atom. The Morgan fingerprint density at radius 3 is 2.69 bits per heavy atom. The van der Waals surface area contributed by atoms with E-state index < -0.39 is 10.5 Å². The molecule has 2 N–H and O–H groups in total. The lowest BCUT2D eigenvalue weighted by atomic mass is 9.91. The van der Waals surface area contributed by atoms with Gasteiger partial charge in [0.1, 0.15) is 0 Å². The molecule has 0 heterocycles. The second kappa shape index (κ2) is 4.80. The molecule has 0 aliphatic rings. The molecule has 1 aromatic carbocycles. The van der Waals surface area contributed by atoms with Crippen LogP contribution in [0, 0.1) is 10.1 Å². The number of nitro benzene ring substituents is 1. The number of nitro groups is 1. The average molecular weight is 243 g/mol. The Balaban J connectivity index is 3.10. The lowest BCUT2D eigenvalue weighted by Gasteiger charge is -2.22. The highest BCUT2D eigenvalue weighted by atomic mass is 35.5. The van der Waals surface area contributed by atoms with Crippen LogP contribution < -0.4 is 5.73 Å². The molecule has 16 heavy (non-hydrogen) atoms. The number of nitrogens with zero attached hydrogens (tertiary/aromatic N) is 1. The standard InChI is InChI=1S/C11H15ClN2O2/c1-3-11(2,13)7-8-6-9(12)4-5-10(8)14(15)16/h4-6H,3,7,13H2,1-2H3. The minimum atomic E-state index is -0.449. The summed E-state index contributed by atoms with van der Waals surface area (Å²) < 4.78 is 0. The Morgan fingerprint density at radius 1 is 1.56 bits per heavy atom. The van der Waals surface area contributed by atoms with Crippen molar-refractivity contribution >= 4 is 17.3 Å². The van der Waals surface area contributed by atoms with Crippen LogP contribution in [-0.2, 0) is 6.42 Å². The summed E-state index contributed by atoms with van der Waals surface area (Å²) in [6.07, 6.45) is 1.19. The second-order valence-electron chi connectivity index (χ2n) is 4.21. The molecule has 0 amide bonds. The van der Waals surface area contributed by atoms with Gasteiger partial charge in [0.2, 0.25) is 0 Å². The first kappa shape index (κ1) is 12.9. The average Bonchev–Trinajstić information content (AvgIpc) is 2.16. The normalized spacial score (nSPS) is 14.5. The number of hydrogen-bond acceptors (Lipinski definition) is 3. The number of hydrogen-bond donors (Lipinski definition) is 1. The van der Waals surface area contributed by atoms with Crippen LogP contribution in [0.4, 0.5) is 5.69 Å². The van der Waals surface area contributed by atoms with Gasteiger partial charge in [-0.2, -0.15) is 0 Å². The fraction of sp³-hybridized carbons (Fsp3) is 0.455. The van der Waals surface area contributed by atoms with Crippen LogP contribution in [0.2, 0.25) is 5.02 Å². The minimum absolute atomic E-state index is 0.0783. The zero-order chi connectivity index (χ0) is 12.3. The zero-order valence-corrected chi connectivity index (χ0v) is 10.1. The van der Waals surface area contributed by atoms with Crippen LogP contribution in [0.25, 0.3) is 0 Å². The van der Waals surface area contributed by atoms with Crippen molar-refractivity contribution < 1.29 is 4.92 Å². The third kappa shape index (κ3) is 3.18. The Bertz CT molecular complexity index is 405. The molecular weight excluding hydrogens is 228 g/mol. The smallest absolute Gasteiger partial charge is 0.272 e. The van der Waals surface area contributed by atoms with Crippen molar-refractivity contribution in [3.05, 3.63) is 38.9 Å². The molecule has 0 aliphatic heterocycles. The molecule has 0 spiro atoms. The Kier molecular flexibility index (Phi) is 3.88. The molecule has 4 nitrogen and oxygen atoms in total. The van der Waals surface area contributed by atoms with Gasteiger partial charge in [0.25, 0.3) is 5.69 Å². The van der Waals surface area contributed by atoms with Gasteiger partial charge >= 0.3 is 0 Å². The van der Waals surface area contributed by atoms with E-state index in [1.165, 1.54) is 12.1 Å². The van der Waals surface area contributed by atoms with E-state index in [-0.39, 0.29) is 5.69 Å². The van der Waals surface area contributed by atoms with Gasteiger partial charge in [0.05, 0.1) is 4.92 Å². The third-order valence-corrected chi connectivity index (χ3v) is 2.88. The van der Waals surface area contributed by atoms with E-state index in [0.717, 1.165) is 6.42 Å². The van der Waals surface area contributed by atoms with E-state index in [0.29, 0.717) is 17.0 Å². The van der Waals surface area contributed by atoms with Crippen molar-refractivity contribution in [2.24, 2.45) is 5.73 Å². The van der Waals surface area contributed by atoms with Crippen molar-refractivity contribution in [3.8, 4) is 0 Å². The maximum absolute atomic E-state index is 10.8. The Labute approximate surface area is 99.6 Å². The van der Waals surface area contributed by atoms with Gasteiger partial charge in [-0.05, 0) is 31.9 Å². The SMILES string of the molecule is CCC(C)(N)Cc1cc(Cl)ccc1[N+](=O)[O-]. The molecule has 1 unspecified atom stereocenters. The topological polar surface area (TPSA) is 69.2 Å². The largest absolute Gasteiger partial charge is 0.325 e. The van der Waals surface area contributed by atoms with E-state index >= 15 is 0 Å². The summed E-state index contributed by atoms with van der Waals surface area (Å²) in [6, 6.07) is 4.55. The fourth-order valence-electron chi connectivity index (χ4n) is 1.43. The van der Waals surface area contributed by atoms with Crippen molar-refractivity contribution in [3.63, 3.8) is 0 Å². The van der Waals surface area contributed by atoms with Crippen LogP contribution in [0.3, 0.4) is 0 Å². The highest BCUT2D eigenvalue weighted by molar-refractivity contribution is 6.30. The molecule has 1 rings (SSSR count). The molecule has 1 atom stereocenters. The first-order valence-corrected chi connectivity index (χ1v) is 5.45. The molecule has 0 saturated carbocycles. The maximum Gasteiger partial charge on any atom is 0.272 e. The molecule has 5 heteroatoms. The number of rotatable bonds is 4. The highest BCUT2D eigenvalue weighted by Crippen LogP contribution is 2.26. The predicted octanol–water partition coefficient (Wildman–Crippen LogP) is 2.92. The molecule has 0 aliphatic carbocycles. The molecule has 0 fully saturated rings. The highest BCUT2D eigenvalue weighted by Gasteiger charge is 2.22. The van der Waals surface area contributed by atoms with Gasteiger partial charge in [-0.1, -0.05) is 18.5 Å². The number of halogens is 1. The van der Waals surface area contributed by atoms with Gasteiger partial charge in [0.15, 0.2) is 0 Å². The summed E-state index contributed by atoms with van der Waals surface area (Å²) in [5.41, 5.74) is 6.22. The molecule has 0 radical (unpaired) electrons. The van der Waals surface area contributed by atoms with Crippen molar-refractivity contribution in [2.45, 2.75) is 32.2 Å². The van der Waals surface area contributed by atoms with Crippen LogP contribution >= 0.6 is 11.6 Å². The molecular formula is C11H15ClN2O2. The number of nitrogens with two attached hydrogens (primary N) is 1. The molecule has 1 aromatic rings. The first-order valence-electron chi connectivity index (χ1n) is 5.07. The van der Waals surface area contributed by atoms with Crippen LogP contribution in [-0.4, -0.2) is 10.5 Å². The van der Waals surface area contributed by atoms with E-state index in [4.69, 9.17) is 17.3 Å². The fourth-order valence-corrected chi connectivity index (χ4v) is 1.63. The van der Waals surface area contributed by atoms with E-state index in [2.05, 4.69) is 0 Å². The summed E-state index contributed by atoms with van der Waals surface area (Å²) in [7, 11) is 0. The summed E-state index contributed by atoms with van der Waals surface area (Å²) in [6.45, 7) is 3.83. The van der Waals surface area contributed by atoms with Gasteiger partial charge in [-0.3, -0.25) is 10.1 Å². The van der Waals surface area contributed by atoms with E-state index in [1.54, 1.807) is 6.07 Å². The van der Waals surface area contributed by atoms with Crippen LogP contribution in [0.5, 0.6) is 0 Å². The van der Waals surface area contributed by atoms with Gasteiger partial charge in [-0.25, -0.2) is 0 Å². The summed E-state index contributed by atoms with van der Waals surface area (Å²) >= 11 is 5.83. The maximum atomic E-state index is 10.8. The van der Waals surface area contributed by atoms with E-state index in [9.17, 15) is 10.1 Å². The third-order valence-electron chi connectivity index (χ3n) is 2.64. The van der Waals surface area contributed by atoms with Gasteiger partial charge in [0, 0.05) is 22.2 Å². The van der Waals surface area contributed by atoms with Gasteiger partial charge < -0.3 is 5.73 Å². The molecule has 0 saturated heterocycles. The quantitative estimate of drug-likeness (QED) is 0.652. The summed E-state index contributed by atoms with van der Waals surface area (Å²) in [5, 5.41) is 11.3. The van der Waals surface area contributed by atoms with Crippen LogP contribution in [0.1, 0.15) is 25.8 Å². The summed E-state index contributed by atoms with van der Waals surface area (Å²) in [5.74, 6) is 0. The molecule has 0 aromatic heterocycles.